The van der Waals surface area contributed by atoms with E-state index in [4.69, 9.17) is 19.1 Å². The van der Waals surface area contributed by atoms with Crippen LogP contribution in [0.3, 0.4) is 0 Å². The van der Waals surface area contributed by atoms with Gasteiger partial charge < -0.3 is 0 Å². The number of rotatable bonds is 6. The van der Waals surface area contributed by atoms with Crippen LogP contribution in [0.4, 0.5) is 0 Å². The van der Waals surface area contributed by atoms with E-state index in [9.17, 15) is 4.11 Å². The molecule has 0 amide bonds. The van der Waals surface area contributed by atoms with Crippen molar-refractivity contribution in [2.75, 3.05) is 0 Å². The van der Waals surface area contributed by atoms with E-state index in [1.54, 1.807) is 0 Å². The van der Waals surface area contributed by atoms with Gasteiger partial charge in [0.25, 0.3) is 0 Å². The van der Waals surface area contributed by atoms with Gasteiger partial charge in [0, 0.05) is 36.9 Å². The van der Waals surface area contributed by atoms with Crippen LogP contribution < -0.4 is 0 Å². The minimum absolute atomic E-state index is 0.0558. The summed E-state index contributed by atoms with van der Waals surface area (Å²) in [5.74, 6) is 0.799. The van der Waals surface area contributed by atoms with Crippen molar-refractivity contribution in [2.45, 2.75) is 0 Å². The van der Waals surface area contributed by atoms with Crippen LogP contribution in [0.5, 0.6) is 0 Å². The van der Waals surface area contributed by atoms with E-state index in [0.717, 1.165) is 39.2 Å². The Labute approximate surface area is 320 Å². The van der Waals surface area contributed by atoms with Gasteiger partial charge in [0.1, 0.15) is 0 Å². The Balaban J connectivity index is 1.15. The predicted octanol–water partition coefficient (Wildman–Crippen LogP) is 13.4. The zero-order chi connectivity index (χ0) is 40.4. The van der Waals surface area contributed by atoms with Gasteiger partial charge in [-0.25, -0.2) is 15.0 Å². The van der Waals surface area contributed by atoms with Crippen molar-refractivity contribution in [1.29, 1.82) is 0 Å². The Morgan fingerprint density at radius 3 is 1.75 bits per heavy atom. The van der Waals surface area contributed by atoms with Crippen molar-refractivity contribution in [3.8, 4) is 67.5 Å². The zero-order valence-corrected chi connectivity index (χ0v) is 29.0. The van der Waals surface area contributed by atoms with Crippen LogP contribution in [0.15, 0.2) is 188 Å². The van der Waals surface area contributed by atoms with E-state index >= 15 is 0 Å². The van der Waals surface area contributed by atoms with Gasteiger partial charge in [-0.3, -0.25) is 0 Å². The monoisotopic (exact) mass is 699 g/mol. The SMILES string of the molecule is [2H]c1c([2H])c(-c2nc(-c3ccccc3)nc(-c3cccc(-c4ccc(-c5ccc6ccccc6c5)cc4)c3)n2)c2c(sc3c([2H])c(-c4ccccc4)c([2H])c([2H])c32)c1[2H]. The van der Waals surface area contributed by atoms with Gasteiger partial charge >= 0.3 is 0 Å². The lowest BCUT2D eigenvalue weighted by Gasteiger charge is -2.11. The van der Waals surface area contributed by atoms with Crippen molar-refractivity contribution in [3.05, 3.63) is 188 Å². The van der Waals surface area contributed by atoms with E-state index in [-0.39, 0.29) is 53.0 Å². The molecule has 0 aliphatic carbocycles. The number of benzene rings is 8. The van der Waals surface area contributed by atoms with Crippen molar-refractivity contribution in [2.24, 2.45) is 0 Å². The molecule has 0 saturated carbocycles. The highest BCUT2D eigenvalue weighted by Gasteiger charge is 2.18. The van der Waals surface area contributed by atoms with Gasteiger partial charge in [-0.05, 0) is 68.4 Å². The van der Waals surface area contributed by atoms with Crippen LogP contribution in [-0.2, 0) is 0 Å². The molecule has 0 aliphatic heterocycles. The van der Waals surface area contributed by atoms with E-state index in [2.05, 4.69) is 54.6 Å². The largest absolute Gasteiger partial charge is 0.208 e. The molecule has 8 aromatic carbocycles. The van der Waals surface area contributed by atoms with Crippen LogP contribution in [0.1, 0.15) is 8.22 Å². The second kappa shape index (κ2) is 13.1. The third kappa shape index (κ3) is 5.85. The molecule has 0 bridgehead atoms. The van der Waals surface area contributed by atoms with E-state index in [1.165, 1.54) is 10.8 Å². The van der Waals surface area contributed by atoms with Crippen LogP contribution in [0.25, 0.3) is 98.5 Å². The quantitative estimate of drug-likeness (QED) is 0.173. The molecular weight excluding hydrogens is 663 g/mol. The fourth-order valence-electron chi connectivity index (χ4n) is 6.76. The van der Waals surface area contributed by atoms with E-state index in [1.807, 2.05) is 97.1 Å². The van der Waals surface area contributed by atoms with E-state index < -0.39 is 0 Å². The summed E-state index contributed by atoms with van der Waals surface area (Å²) < 4.78 is 55.6. The van der Waals surface area contributed by atoms with Crippen LogP contribution >= 0.6 is 11.3 Å². The number of hydrogen-bond acceptors (Lipinski definition) is 4. The maximum absolute atomic E-state index is 9.29. The van der Waals surface area contributed by atoms with Gasteiger partial charge in [-0.15, -0.1) is 11.3 Å². The average Bonchev–Trinajstić information content (AvgIpc) is 3.69. The Morgan fingerprint density at radius 1 is 0.396 bits per heavy atom. The number of hydrogen-bond donors (Lipinski definition) is 0. The Hall–Kier alpha value is -6.75. The van der Waals surface area contributed by atoms with Gasteiger partial charge in [0.05, 0.1) is 8.22 Å². The first-order valence-corrected chi connectivity index (χ1v) is 18.1. The molecule has 0 atom stereocenters. The number of nitrogens with zero attached hydrogens (tertiary/aromatic N) is 3. The fraction of sp³-hybridized carbons (Fsp3) is 0. The third-order valence-corrected chi connectivity index (χ3v) is 10.5. The Kier molecular flexibility index (Phi) is 6.24. The molecule has 2 aromatic heterocycles. The van der Waals surface area contributed by atoms with Crippen molar-refractivity contribution in [1.82, 2.24) is 15.0 Å². The molecule has 0 saturated heterocycles. The lowest BCUT2D eigenvalue weighted by molar-refractivity contribution is 1.08. The van der Waals surface area contributed by atoms with Crippen molar-refractivity contribution >= 4 is 42.3 Å². The summed E-state index contributed by atoms with van der Waals surface area (Å²) in [5.41, 5.74) is 6.75. The van der Waals surface area contributed by atoms with E-state index in [0.29, 0.717) is 43.1 Å². The topological polar surface area (TPSA) is 38.7 Å². The fourth-order valence-corrected chi connectivity index (χ4v) is 7.78. The van der Waals surface area contributed by atoms with Gasteiger partial charge in [-0.2, -0.15) is 0 Å². The minimum Gasteiger partial charge on any atom is -0.208 e. The smallest absolute Gasteiger partial charge is 0.164 e. The van der Waals surface area contributed by atoms with Crippen LogP contribution in [0, 0.1) is 0 Å². The summed E-state index contributed by atoms with van der Waals surface area (Å²) in [6.07, 6.45) is 0. The minimum atomic E-state index is -0.316. The normalized spacial score (nSPS) is 13.0. The first-order chi connectivity index (χ1) is 28.7. The van der Waals surface area contributed by atoms with Crippen molar-refractivity contribution in [3.63, 3.8) is 0 Å². The second-order valence-electron chi connectivity index (χ2n) is 12.8. The predicted molar refractivity (Wildman–Crippen MR) is 223 cm³/mol. The lowest BCUT2D eigenvalue weighted by atomic mass is 9.97. The summed E-state index contributed by atoms with van der Waals surface area (Å²) in [4.78, 5) is 14.8. The molecule has 10 rings (SSSR count). The molecule has 0 spiro atoms. The molecule has 53 heavy (non-hydrogen) atoms. The van der Waals surface area contributed by atoms with Crippen LogP contribution in [0.2, 0.25) is 0 Å². The number of thiophene rings is 1. The first kappa shape index (κ1) is 25.2. The Bertz CT molecular complexity index is 3280. The summed E-state index contributed by atoms with van der Waals surface area (Å²) in [6.45, 7) is 0. The molecular formula is C49H31N3S. The maximum Gasteiger partial charge on any atom is 0.164 e. The molecule has 4 heteroatoms. The standard InChI is InChI=1S/C49H31N3S/c1-3-11-32(12-4-1)40-27-28-42-45(31-40)53-44-20-10-19-43(46(42)44)49-51-47(36-14-5-2-6-15-36)50-48(52-49)41-18-9-17-38(30-41)34-21-23-35(24-22-34)39-26-25-33-13-7-8-16-37(33)29-39/h1-31H/i10D,19D,20D,27D,28D,31D. The summed E-state index contributed by atoms with van der Waals surface area (Å²) in [7, 11) is 0. The lowest BCUT2D eigenvalue weighted by Crippen LogP contribution is -2.00. The Morgan fingerprint density at radius 2 is 0.981 bits per heavy atom. The summed E-state index contributed by atoms with van der Waals surface area (Å²) in [6, 6.07) is 48.8. The van der Waals surface area contributed by atoms with Crippen LogP contribution in [-0.4, -0.2) is 15.0 Å². The molecule has 248 valence electrons. The highest BCUT2D eigenvalue weighted by molar-refractivity contribution is 7.26. The maximum atomic E-state index is 9.29. The molecule has 0 aliphatic rings. The molecule has 2 heterocycles. The summed E-state index contributed by atoms with van der Waals surface area (Å²) >= 11 is 1.13. The molecule has 10 aromatic rings. The van der Waals surface area contributed by atoms with Gasteiger partial charge in [0.15, 0.2) is 17.5 Å². The molecule has 0 radical (unpaired) electrons. The summed E-state index contributed by atoms with van der Waals surface area (Å²) in [5, 5.41) is 2.98. The highest BCUT2D eigenvalue weighted by Crippen LogP contribution is 2.41. The van der Waals surface area contributed by atoms with Gasteiger partial charge in [-0.1, -0.05) is 164 Å². The molecule has 0 N–H and O–H groups in total. The first-order valence-electron chi connectivity index (χ1n) is 20.3. The highest BCUT2D eigenvalue weighted by atomic mass is 32.1. The second-order valence-corrected chi connectivity index (χ2v) is 13.8. The molecule has 0 unspecified atom stereocenters. The molecule has 3 nitrogen and oxygen atoms in total. The van der Waals surface area contributed by atoms with Crippen molar-refractivity contribution < 1.29 is 8.22 Å². The third-order valence-electron chi connectivity index (χ3n) is 9.45. The average molecular weight is 700 g/mol. The van der Waals surface area contributed by atoms with Gasteiger partial charge in [0.2, 0.25) is 0 Å². The number of aromatic nitrogens is 3. The molecule has 0 fully saturated rings. The zero-order valence-electron chi connectivity index (χ0n) is 34.2. The number of fused-ring (bicyclic) bond motifs is 4.